The van der Waals surface area contributed by atoms with Crippen LogP contribution in [0.1, 0.15) is 22.3 Å². The lowest BCUT2D eigenvalue weighted by Gasteiger charge is -2.34. The minimum atomic E-state index is -0.761. The first-order chi connectivity index (χ1) is 16.4. The highest BCUT2D eigenvalue weighted by Gasteiger charge is 2.23. The molecule has 2 heterocycles. The van der Waals surface area contributed by atoms with Crippen molar-refractivity contribution in [2.45, 2.75) is 19.0 Å². The third kappa shape index (κ3) is 6.91. The van der Waals surface area contributed by atoms with E-state index in [0.717, 1.165) is 37.6 Å². The molecule has 2 N–H and O–H groups in total. The van der Waals surface area contributed by atoms with Gasteiger partial charge in [0, 0.05) is 62.2 Å². The predicted octanol–water partition coefficient (Wildman–Crippen LogP) is 1.91. The first kappa shape index (κ1) is 25.4. The summed E-state index contributed by atoms with van der Waals surface area (Å²) in [4.78, 5) is 45.2. The Labute approximate surface area is 203 Å². The smallest absolute Gasteiger partial charge is 0.270 e. The van der Waals surface area contributed by atoms with Crippen LogP contribution in [0, 0.1) is 10.1 Å². The molecule has 0 saturated carbocycles. The van der Waals surface area contributed by atoms with Crippen molar-refractivity contribution in [1.82, 2.24) is 20.5 Å². The molecule has 1 saturated heterocycles. The molecule has 182 valence electrons. The highest BCUT2D eigenvalue weighted by Crippen LogP contribution is 2.19. The van der Waals surface area contributed by atoms with Crippen molar-refractivity contribution in [1.29, 1.82) is 0 Å². The number of amides is 2. The van der Waals surface area contributed by atoms with Gasteiger partial charge in [0.25, 0.3) is 11.6 Å². The lowest BCUT2D eigenvalue weighted by atomic mass is 10.1. The topological polar surface area (TPSA) is 121 Å². The van der Waals surface area contributed by atoms with Gasteiger partial charge in [-0.05, 0) is 37.6 Å². The number of benzene rings is 1. The molecule has 3 rings (SSSR count). The molecule has 11 heteroatoms. The zero-order valence-electron chi connectivity index (χ0n) is 19.4. The van der Waals surface area contributed by atoms with Gasteiger partial charge in [-0.3, -0.25) is 19.7 Å². The highest BCUT2D eigenvalue weighted by atomic mass is 32.2. The number of carbonyl (C=O) groups is 2. The van der Waals surface area contributed by atoms with Gasteiger partial charge in [0.2, 0.25) is 5.91 Å². The molecule has 0 bridgehead atoms. The number of thioether (sulfide) groups is 1. The van der Waals surface area contributed by atoms with E-state index in [0.29, 0.717) is 12.2 Å². The quantitative estimate of drug-likeness (QED) is 0.386. The molecule has 1 atom stereocenters. The number of pyridine rings is 1. The van der Waals surface area contributed by atoms with Crippen LogP contribution in [-0.2, 0) is 11.3 Å². The zero-order chi connectivity index (χ0) is 24.5. The van der Waals surface area contributed by atoms with Crippen LogP contribution in [0.25, 0.3) is 0 Å². The zero-order valence-corrected chi connectivity index (χ0v) is 20.2. The van der Waals surface area contributed by atoms with Crippen molar-refractivity contribution in [3.05, 3.63) is 63.8 Å². The number of carbonyl (C=O) groups excluding carboxylic acids is 2. The SMILES string of the molecule is CSCCC(NC(=O)c1cccc([N+](=O)[O-])c1)C(=O)NCc1cccnc1N1CCN(C)CC1. The Morgan fingerprint density at radius 1 is 1.21 bits per heavy atom. The summed E-state index contributed by atoms with van der Waals surface area (Å²) in [5.41, 5.74) is 0.876. The van der Waals surface area contributed by atoms with E-state index in [1.165, 1.54) is 24.3 Å². The predicted molar refractivity (Wildman–Crippen MR) is 133 cm³/mol. The fourth-order valence-electron chi connectivity index (χ4n) is 3.68. The van der Waals surface area contributed by atoms with E-state index in [-0.39, 0.29) is 23.7 Å². The lowest BCUT2D eigenvalue weighted by Crippen LogP contribution is -2.47. The normalized spacial score (nSPS) is 14.9. The summed E-state index contributed by atoms with van der Waals surface area (Å²) in [6.45, 7) is 3.91. The van der Waals surface area contributed by atoms with Crippen LogP contribution in [0.3, 0.4) is 0 Å². The number of nitrogens with zero attached hydrogens (tertiary/aromatic N) is 4. The number of non-ortho nitro benzene ring substituents is 1. The summed E-state index contributed by atoms with van der Waals surface area (Å²) >= 11 is 1.57. The molecule has 2 aromatic rings. The van der Waals surface area contributed by atoms with Crippen LogP contribution in [0.4, 0.5) is 11.5 Å². The van der Waals surface area contributed by atoms with Crippen LogP contribution < -0.4 is 15.5 Å². The van der Waals surface area contributed by atoms with Crippen LogP contribution in [-0.4, -0.2) is 77.9 Å². The van der Waals surface area contributed by atoms with Gasteiger partial charge in [0.15, 0.2) is 0 Å². The van der Waals surface area contributed by atoms with Crippen LogP contribution in [0.2, 0.25) is 0 Å². The Bertz CT molecular complexity index is 1010. The highest BCUT2D eigenvalue weighted by molar-refractivity contribution is 7.98. The largest absolute Gasteiger partial charge is 0.354 e. The average molecular weight is 487 g/mol. The summed E-state index contributed by atoms with van der Waals surface area (Å²) in [5.74, 6) is 0.704. The van der Waals surface area contributed by atoms with Gasteiger partial charge in [0.1, 0.15) is 11.9 Å². The minimum absolute atomic E-state index is 0.140. The molecule has 1 unspecified atom stereocenters. The van der Waals surface area contributed by atoms with E-state index in [9.17, 15) is 19.7 Å². The Hall–Kier alpha value is -3.18. The van der Waals surface area contributed by atoms with E-state index in [2.05, 4.69) is 32.5 Å². The summed E-state index contributed by atoms with van der Waals surface area (Å²) in [6, 6.07) is 8.49. The molecule has 10 nitrogen and oxygen atoms in total. The third-order valence-electron chi connectivity index (χ3n) is 5.68. The number of likely N-dealkylation sites (N-methyl/N-ethyl adjacent to an activating group) is 1. The molecule has 0 aliphatic carbocycles. The number of piperazine rings is 1. The number of nitro benzene ring substituents is 1. The van der Waals surface area contributed by atoms with Gasteiger partial charge in [0.05, 0.1) is 4.92 Å². The van der Waals surface area contributed by atoms with E-state index in [1.807, 2.05) is 18.4 Å². The fraction of sp³-hybridized carbons (Fsp3) is 0.435. The van der Waals surface area contributed by atoms with Gasteiger partial charge in [-0.25, -0.2) is 4.98 Å². The monoisotopic (exact) mass is 486 g/mol. The molecule has 0 radical (unpaired) electrons. The molecule has 1 aliphatic heterocycles. The molecule has 2 amide bonds. The second kappa shape index (κ2) is 12.3. The molecule has 0 spiro atoms. The maximum absolute atomic E-state index is 13.0. The number of nitrogens with one attached hydrogen (secondary N) is 2. The fourth-order valence-corrected chi connectivity index (χ4v) is 4.15. The Kier molecular flexibility index (Phi) is 9.23. The number of nitro groups is 1. The second-order valence-corrected chi connectivity index (χ2v) is 9.09. The maximum Gasteiger partial charge on any atom is 0.270 e. The van der Waals surface area contributed by atoms with Crippen molar-refractivity contribution in [2.75, 3.05) is 50.1 Å². The number of hydrogen-bond acceptors (Lipinski definition) is 8. The maximum atomic E-state index is 13.0. The van der Waals surface area contributed by atoms with E-state index in [1.54, 1.807) is 18.0 Å². The molecular weight excluding hydrogens is 456 g/mol. The number of hydrogen-bond donors (Lipinski definition) is 2. The van der Waals surface area contributed by atoms with Crippen LogP contribution >= 0.6 is 11.8 Å². The first-order valence-corrected chi connectivity index (χ1v) is 12.5. The first-order valence-electron chi connectivity index (χ1n) is 11.1. The minimum Gasteiger partial charge on any atom is -0.354 e. The summed E-state index contributed by atoms with van der Waals surface area (Å²) in [6.07, 6.45) is 4.11. The molecule has 1 aliphatic rings. The third-order valence-corrected chi connectivity index (χ3v) is 6.32. The second-order valence-electron chi connectivity index (χ2n) is 8.11. The van der Waals surface area contributed by atoms with Crippen molar-refractivity contribution >= 4 is 35.1 Å². The Morgan fingerprint density at radius 2 is 1.97 bits per heavy atom. The molecule has 34 heavy (non-hydrogen) atoms. The standard InChI is InChI=1S/C23H30N6O4S/c1-27-10-12-28(13-11-27)21-18(6-4-9-24-21)16-25-23(31)20(8-14-34-2)26-22(30)17-5-3-7-19(15-17)29(32)33/h3-7,9,15,20H,8,10-14,16H2,1-2H3,(H,25,31)(H,26,30). The summed E-state index contributed by atoms with van der Waals surface area (Å²) in [7, 11) is 2.09. The van der Waals surface area contributed by atoms with Crippen molar-refractivity contribution < 1.29 is 14.5 Å². The summed E-state index contributed by atoms with van der Waals surface area (Å²) in [5, 5.41) is 16.7. The number of anilines is 1. The molecule has 1 fully saturated rings. The van der Waals surface area contributed by atoms with Gasteiger partial charge < -0.3 is 20.4 Å². The average Bonchev–Trinajstić information content (AvgIpc) is 2.85. The summed E-state index contributed by atoms with van der Waals surface area (Å²) < 4.78 is 0. The molecular formula is C23H30N6O4S. The van der Waals surface area contributed by atoms with Gasteiger partial charge in [-0.1, -0.05) is 12.1 Å². The molecule has 1 aromatic heterocycles. The number of rotatable bonds is 10. The lowest BCUT2D eigenvalue weighted by molar-refractivity contribution is -0.384. The van der Waals surface area contributed by atoms with Gasteiger partial charge >= 0.3 is 0 Å². The van der Waals surface area contributed by atoms with Crippen LogP contribution in [0.15, 0.2) is 42.6 Å². The van der Waals surface area contributed by atoms with E-state index < -0.39 is 16.9 Å². The van der Waals surface area contributed by atoms with Gasteiger partial charge in [-0.2, -0.15) is 11.8 Å². The van der Waals surface area contributed by atoms with E-state index in [4.69, 9.17) is 0 Å². The van der Waals surface area contributed by atoms with Gasteiger partial charge in [-0.15, -0.1) is 0 Å². The van der Waals surface area contributed by atoms with Crippen molar-refractivity contribution in [3.8, 4) is 0 Å². The van der Waals surface area contributed by atoms with E-state index >= 15 is 0 Å². The van der Waals surface area contributed by atoms with Crippen molar-refractivity contribution in [2.24, 2.45) is 0 Å². The molecule has 1 aromatic carbocycles. The Morgan fingerprint density at radius 3 is 2.68 bits per heavy atom. The number of aromatic nitrogens is 1. The Balaban J connectivity index is 1.66. The van der Waals surface area contributed by atoms with Crippen LogP contribution in [0.5, 0.6) is 0 Å². The van der Waals surface area contributed by atoms with Crippen molar-refractivity contribution in [3.63, 3.8) is 0 Å².